The summed E-state index contributed by atoms with van der Waals surface area (Å²) in [5.74, 6) is -0.0339. The van der Waals surface area contributed by atoms with Crippen LogP contribution in [0.25, 0.3) is 0 Å². The topological polar surface area (TPSA) is 52.6 Å². The maximum atomic E-state index is 13.1. The lowest BCUT2D eigenvalue weighted by Gasteiger charge is -2.40. The van der Waals surface area contributed by atoms with Gasteiger partial charge in [0.2, 0.25) is 0 Å². The van der Waals surface area contributed by atoms with E-state index >= 15 is 0 Å². The van der Waals surface area contributed by atoms with Crippen LogP contribution in [0.2, 0.25) is 18.1 Å². The molecular formula is C37H74O4Si. The quantitative estimate of drug-likeness (QED) is 0.0402. The lowest BCUT2D eigenvalue weighted by atomic mass is 9.89. The summed E-state index contributed by atoms with van der Waals surface area (Å²) in [6.07, 6.45) is 24.6. The number of ether oxygens (including phenoxy) is 1. The van der Waals surface area contributed by atoms with Gasteiger partial charge in [0, 0.05) is 12.5 Å². The highest BCUT2D eigenvalue weighted by Crippen LogP contribution is 2.38. The van der Waals surface area contributed by atoms with E-state index < -0.39 is 14.2 Å². The van der Waals surface area contributed by atoms with Crippen LogP contribution in [0, 0.1) is 17.8 Å². The van der Waals surface area contributed by atoms with Crippen molar-refractivity contribution in [2.24, 2.45) is 17.8 Å². The second-order valence-electron chi connectivity index (χ2n) is 15.1. The molecule has 1 unspecified atom stereocenters. The number of unbranched alkanes of at least 4 members (excludes halogenated alkanes) is 13. The summed E-state index contributed by atoms with van der Waals surface area (Å²) in [7, 11) is -0.448. The van der Waals surface area contributed by atoms with Crippen LogP contribution >= 0.6 is 0 Å². The molecule has 4 nitrogen and oxygen atoms in total. The maximum absolute atomic E-state index is 13.1. The van der Waals surface area contributed by atoms with E-state index in [-0.39, 0.29) is 28.8 Å². The molecule has 0 aromatic heterocycles. The molecule has 0 saturated carbocycles. The van der Waals surface area contributed by atoms with Gasteiger partial charge in [-0.3, -0.25) is 9.59 Å². The first-order chi connectivity index (χ1) is 19.8. The molecule has 42 heavy (non-hydrogen) atoms. The van der Waals surface area contributed by atoms with Crippen LogP contribution in [-0.4, -0.2) is 33.3 Å². The number of ketones is 1. The van der Waals surface area contributed by atoms with E-state index in [4.69, 9.17) is 9.16 Å². The van der Waals surface area contributed by atoms with E-state index in [1.54, 1.807) is 0 Å². The van der Waals surface area contributed by atoms with Crippen LogP contribution in [0.4, 0.5) is 0 Å². The first kappa shape index (κ1) is 41.3. The minimum atomic E-state index is -1.85. The fourth-order valence-corrected chi connectivity index (χ4v) is 7.11. The normalized spacial score (nSPS) is 15.3. The fraction of sp³-hybridized carbons (Fsp3) is 0.946. The van der Waals surface area contributed by atoms with Gasteiger partial charge < -0.3 is 9.16 Å². The molecule has 0 aliphatic carbocycles. The zero-order chi connectivity index (χ0) is 32.0. The Morgan fingerprint density at radius 1 is 0.667 bits per heavy atom. The third kappa shape index (κ3) is 19.6. The fourth-order valence-electron chi connectivity index (χ4n) is 5.59. The summed E-state index contributed by atoms with van der Waals surface area (Å²) in [5.41, 5.74) is 0. The molecule has 0 aliphatic heterocycles. The molecule has 4 atom stereocenters. The van der Waals surface area contributed by atoms with Crippen molar-refractivity contribution in [3.05, 3.63) is 0 Å². The van der Waals surface area contributed by atoms with Gasteiger partial charge in [-0.25, -0.2) is 0 Å². The molecule has 0 aromatic carbocycles. The molecule has 0 fully saturated rings. The van der Waals surface area contributed by atoms with Gasteiger partial charge in [0.1, 0.15) is 11.7 Å². The highest BCUT2D eigenvalue weighted by atomic mass is 28.4. The Balaban J connectivity index is 4.14. The Morgan fingerprint density at radius 2 is 1.12 bits per heavy atom. The van der Waals surface area contributed by atoms with E-state index in [1.165, 1.54) is 103 Å². The maximum Gasteiger partial charge on any atom is 0.316 e. The summed E-state index contributed by atoms with van der Waals surface area (Å²) in [6.45, 7) is 20.2. The minimum absolute atomic E-state index is 0.0350. The predicted molar refractivity (Wildman–Crippen MR) is 185 cm³/mol. The molecule has 0 radical (unpaired) electrons. The molecule has 0 heterocycles. The number of esters is 1. The van der Waals surface area contributed by atoms with Crippen LogP contribution < -0.4 is 0 Å². The Hall–Kier alpha value is -0.683. The third-order valence-corrected chi connectivity index (χ3v) is 14.6. The van der Waals surface area contributed by atoms with Gasteiger partial charge in [0.25, 0.3) is 0 Å². The number of methoxy groups -OCH3 is 1. The van der Waals surface area contributed by atoms with Crippen LogP contribution in [0.5, 0.6) is 0 Å². The average Bonchev–Trinajstić information content (AvgIpc) is 2.92. The van der Waals surface area contributed by atoms with Gasteiger partial charge in [-0.2, -0.15) is 0 Å². The number of rotatable bonds is 27. The molecule has 0 saturated heterocycles. The zero-order valence-electron chi connectivity index (χ0n) is 30.1. The second-order valence-corrected chi connectivity index (χ2v) is 19.8. The SMILES string of the molecule is CCCCCCCCCCCCCCCC[C@H](C)CCCC(C(=O)CC[C@H](C)[C@@H](C)O[Si](C)(C)C(C)(C)C)C(=O)OC. The lowest BCUT2D eigenvalue weighted by Crippen LogP contribution is -2.44. The molecule has 0 rings (SSSR count). The summed E-state index contributed by atoms with van der Waals surface area (Å²) in [4.78, 5) is 25.5. The second kappa shape index (κ2) is 23.7. The smallest absolute Gasteiger partial charge is 0.316 e. The van der Waals surface area contributed by atoms with Crippen LogP contribution in [-0.2, 0) is 18.8 Å². The van der Waals surface area contributed by atoms with Crippen molar-refractivity contribution in [2.45, 2.75) is 201 Å². The highest BCUT2D eigenvalue weighted by molar-refractivity contribution is 6.74. The zero-order valence-corrected chi connectivity index (χ0v) is 31.1. The van der Waals surface area contributed by atoms with E-state index in [9.17, 15) is 9.59 Å². The Morgan fingerprint density at radius 3 is 1.57 bits per heavy atom. The van der Waals surface area contributed by atoms with E-state index in [1.807, 2.05) is 0 Å². The van der Waals surface area contributed by atoms with E-state index in [0.29, 0.717) is 18.8 Å². The Kier molecular flexibility index (Phi) is 23.3. The van der Waals surface area contributed by atoms with Crippen LogP contribution in [0.3, 0.4) is 0 Å². The minimum Gasteiger partial charge on any atom is -0.468 e. The molecule has 5 heteroatoms. The van der Waals surface area contributed by atoms with Gasteiger partial charge in [0.15, 0.2) is 8.32 Å². The Bertz CT molecular complexity index is 684. The number of carbonyl (C=O) groups excluding carboxylic acids is 2. The van der Waals surface area contributed by atoms with Crippen molar-refractivity contribution in [1.29, 1.82) is 0 Å². The van der Waals surface area contributed by atoms with Gasteiger partial charge in [-0.15, -0.1) is 0 Å². The highest BCUT2D eigenvalue weighted by Gasteiger charge is 2.39. The monoisotopic (exact) mass is 611 g/mol. The van der Waals surface area contributed by atoms with Gasteiger partial charge in [0.05, 0.1) is 7.11 Å². The van der Waals surface area contributed by atoms with Crippen LogP contribution in [0.15, 0.2) is 0 Å². The molecule has 0 aliphatic rings. The Labute approximate surface area is 264 Å². The van der Waals surface area contributed by atoms with Gasteiger partial charge >= 0.3 is 5.97 Å². The molecule has 250 valence electrons. The third-order valence-electron chi connectivity index (χ3n) is 10.0. The van der Waals surface area contributed by atoms with E-state index in [2.05, 4.69) is 61.6 Å². The predicted octanol–water partition coefficient (Wildman–Crippen LogP) is 11.8. The van der Waals surface area contributed by atoms with E-state index in [0.717, 1.165) is 19.3 Å². The summed E-state index contributed by atoms with van der Waals surface area (Å²) in [5, 5.41) is 0.163. The van der Waals surface area contributed by atoms with Crippen molar-refractivity contribution in [2.75, 3.05) is 7.11 Å². The van der Waals surface area contributed by atoms with Gasteiger partial charge in [-0.05, 0) is 49.7 Å². The first-order valence-electron chi connectivity index (χ1n) is 18.0. The standard InChI is InChI=1S/C37H74O4Si/c1-11-12-13-14-15-16-17-18-19-20-21-22-23-24-26-31(2)27-25-28-34(36(39)40-8)35(38)30-29-32(3)33(4)41-42(9,10)37(5,6)7/h31-34H,11-30H2,1-10H3/t31-,32-,33+,34?/m0/s1. The average molecular weight is 611 g/mol. The molecular weight excluding hydrogens is 536 g/mol. The number of hydrogen-bond acceptors (Lipinski definition) is 4. The number of hydrogen-bond donors (Lipinski definition) is 0. The van der Waals surface area contributed by atoms with Gasteiger partial charge in [-0.1, -0.05) is 151 Å². The summed E-state index contributed by atoms with van der Waals surface area (Å²) < 4.78 is 11.6. The van der Waals surface area contributed by atoms with Crippen molar-refractivity contribution < 1.29 is 18.8 Å². The number of Topliss-reactive ketones (excluding diaryl/α,β-unsaturated/α-hetero) is 1. The molecule has 0 bridgehead atoms. The number of carbonyl (C=O) groups is 2. The lowest BCUT2D eigenvalue weighted by molar-refractivity contribution is -0.149. The largest absolute Gasteiger partial charge is 0.468 e. The van der Waals surface area contributed by atoms with Crippen molar-refractivity contribution in [1.82, 2.24) is 0 Å². The molecule has 0 N–H and O–H groups in total. The molecule has 0 aromatic rings. The first-order valence-corrected chi connectivity index (χ1v) is 21.0. The van der Waals surface area contributed by atoms with Crippen LogP contribution in [0.1, 0.15) is 177 Å². The summed E-state index contributed by atoms with van der Waals surface area (Å²) in [6, 6.07) is 0. The van der Waals surface area contributed by atoms with Crippen molar-refractivity contribution in [3.63, 3.8) is 0 Å². The molecule has 0 spiro atoms. The summed E-state index contributed by atoms with van der Waals surface area (Å²) >= 11 is 0. The van der Waals surface area contributed by atoms with Crippen molar-refractivity contribution >= 4 is 20.1 Å². The van der Waals surface area contributed by atoms with Crippen molar-refractivity contribution in [3.8, 4) is 0 Å². The molecule has 0 amide bonds.